The Morgan fingerprint density at radius 1 is 0.722 bits per heavy atom. The molecule has 90 valence electrons. The number of benzene rings is 2. The molecule has 0 heteroatoms. The van der Waals surface area contributed by atoms with Gasteiger partial charge in [0.25, 0.3) is 0 Å². The average Bonchev–Trinajstić information content (AvgIpc) is 3.32. The highest BCUT2D eigenvalue weighted by molar-refractivity contribution is 5.69. The predicted octanol–water partition coefficient (Wildman–Crippen LogP) is 5.11. The van der Waals surface area contributed by atoms with E-state index in [0.29, 0.717) is 0 Å². The zero-order valence-corrected chi connectivity index (χ0v) is 10.6. The van der Waals surface area contributed by atoms with Gasteiger partial charge in [-0.3, -0.25) is 0 Å². The normalized spacial score (nSPS) is 18.9. The summed E-state index contributed by atoms with van der Waals surface area (Å²) in [4.78, 5) is 0. The lowest BCUT2D eigenvalue weighted by atomic mass is 9.93. The lowest BCUT2D eigenvalue weighted by Crippen LogP contribution is -1.90. The van der Waals surface area contributed by atoms with E-state index in [4.69, 9.17) is 0 Å². The summed E-state index contributed by atoms with van der Waals surface area (Å²) in [6, 6.07) is 18.1. The molecule has 0 radical (unpaired) electrons. The summed E-state index contributed by atoms with van der Waals surface area (Å²) in [7, 11) is 0. The molecular formula is C18H18. The minimum atomic E-state index is 0.832. The van der Waals surface area contributed by atoms with Gasteiger partial charge in [0.2, 0.25) is 0 Å². The van der Waals surface area contributed by atoms with Gasteiger partial charge >= 0.3 is 0 Å². The SMILES string of the molecule is c1ccc(-c2ccc(C3CC3)cc2C2CC2)cc1. The standard InChI is InChI=1S/C18H18/c1-2-4-14(5-3-1)17-11-10-16(13-6-7-13)12-18(17)15-8-9-15/h1-5,10-13,15H,6-9H2. The van der Waals surface area contributed by atoms with E-state index in [1.807, 2.05) is 0 Å². The van der Waals surface area contributed by atoms with Crippen molar-refractivity contribution < 1.29 is 0 Å². The predicted molar refractivity (Wildman–Crippen MR) is 75.8 cm³/mol. The van der Waals surface area contributed by atoms with E-state index in [-0.39, 0.29) is 0 Å². The van der Waals surface area contributed by atoms with E-state index in [1.54, 1.807) is 11.1 Å². The van der Waals surface area contributed by atoms with Gasteiger partial charge in [-0.05, 0) is 59.8 Å². The Balaban J connectivity index is 1.81. The molecule has 2 aliphatic carbocycles. The zero-order valence-electron chi connectivity index (χ0n) is 10.6. The molecule has 0 bridgehead atoms. The highest BCUT2D eigenvalue weighted by Crippen LogP contribution is 2.47. The molecule has 0 atom stereocenters. The second-order valence-electron chi connectivity index (χ2n) is 5.76. The molecule has 2 saturated carbocycles. The highest BCUT2D eigenvalue weighted by Gasteiger charge is 2.29. The zero-order chi connectivity index (χ0) is 11.9. The van der Waals surface area contributed by atoms with Gasteiger partial charge in [-0.25, -0.2) is 0 Å². The van der Waals surface area contributed by atoms with Crippen LogP contribution < -0.4 is 0 Å². The molecule has 0 aliphatic heterocycles. The van der Waals surface area contributed by atoms with Gasteiger partial charge in [0.15, 0.2) is 0 Å². The third-order valence-electron chi connectivity index (χ3n) is 4.23. The molecule has 4 rings (SSSR count). The van der Waals surface area contributed by atoms with Gasteiger partial charge in [-0.15, -0.1) is 0 Å². The topological polar surface area (TPSA) is 0 Å². The van der Waals surface area contributed by atoms with Crippen molar-refractivity contribution in [1.82, 2.24) is 0 Å². The van der Waals surface area contributed by atoms with Crippen LogP contribution in [0.3, 0.4) is 0 Å². The Morgan fingerprint density at radius 3 is 2.11 bits per heavy atom. The van der Waals surface area contributed by atoms with Crippen molar-refractivity contribution in [2.75, 3.05) is 0 Å². The van der Waals surface area contributed by atoms with E-state index in [1.165, 1.54) is 36.8 Å². The van der Waals surface area contributed by atoms with Crippen LogP contribution in [0.5, 0.6) is 0 Å². The van der Waals surface area contributed by atoms with Crippen molar-refractivity contribution in [1.29, 1.82) is 0 Å². The molecule has 0 saturated heterocycles. The summed E-state index contributed by atoms with van der Waals surface area (Å²) in [6.07, 6.45) is 5.56. The van der Waals surface area contributed by atoms with Crippen LogP contribution in [0.25, 0.3) is 11.1 Å². The molecule has 18 heavy (non-hydrogen) atoms. The summed E-state index contributed by atoms with van der Waals surface area (Å²) in [6.45, 7) is 0. The summed E-state index contributed by atoms with van der Waals surface area (Å²) in [5.74, 6) is 1.70. The second kappa shape index (κ2) is 3.98. The van der Waals surface area contributed by atoms with Crippen molar-refractivity contribution in [3.8, 4) is 11.1 Å². The molecular weight excluding hydrogens is 216 g/mol. The van der Waals surface area contributed by atoms with Gasteiger partial charge in [0, 0.05) is 0 Å². The van der Waals surface area contributed by atoms with Crippen molar-refractivity contribution in [3.63, 3.8) is 0 Å². The number of hydrogen-bond acceptors (Lipinski definition) is 0. The average molecular weight is 234 g/mol. The maximum atomic E-state index is 2.50. The van der Waals surface area contributed by atoms with Crippen LogP contribution >= 0.6 is 0 Å². The van der Waals surface area contributed by atoms with Crippen LogP contribution in [-0.2, 0) is 0 Å². The molecule has 0 amide bonds. The second-order valence-corrected chi connectivity index (χ2v) is 5.76. The van der Waals surface area contributed by atoms with Gasteiger partial charge in [0.1, 0.15) is 0 Å². The van der Waals surface area contributed by atoms with Crippen LogP contribution in [0.2, 0.25) is 0 Å². The molecule has 0 N–H and O–H groups in total. The maximum absolute atomic E-state index is 2.50. The Kier molecular flexibility index (Phi) is 2.29. The Labute approximate surface area is 109 Å². The molecule has 2 aliphatic rings. The fourth-order valence-electron chi connectivity index (χ4n) is 2.86. The smallest absolute Gasteiger partial charge is 0.0149 e. The quantitative estimate of drug-likeness (QED) is 0.692. The molecule has 2 aromatic rings. The number of hydrogen-bond donors (Lipinski definition) is 0. The van der Waals surface area contributed by atoms with E-state index in [2.05, 4.69) is 48.5 Å². The van der Waals surface area contributed by atoms with Gasteiger partial charge in [-0.1, -0.05) is 48.5 Å². The first kappa shape index (κ1) is 10.4. The molecule has 0 heterocycles. The minimum absolute atomic E-state index is 0.832. The van der Waals surface area contributed by atoms with Gasteiger partial charge in [-0.2, -0.15) is 0 Å². The fourth-order valence-corrected chi connectivity index (χ4v) is 2.86. The largest absolute Gasteiger partial charge is 0.0622 e. The van der Waals surface area contributed by atoms with Gasteiger partial charge < -0.3 is 0 Å². The molecule has 2 fully saturated rings. The first-order chi connectivity index (χ1) is 8.92. The summed E-state index contributed by atoms with van der Waals surface area (Å²) in [5.41, 5.74) is 6.02. The Bertz CT molecular complexity index is 560. The molecule has 0 aromatic heterocycles. The summed E-state index contributed by atoms with van der Waals surface area (Å²) >= 11 is 0. The summed E-state index contributed by atoms with van der Waals surface area (Å²) in [5, 5.41) is 0. The van der Waals surface area contributed by atoms with Crippen LogP contribution in [0, 0.1) is 0 Å². The Morgan fingerprint density at radius 2 is 1.44 bits per heavy atom. The fraction of sp³-hybridized carbons (Fsp3) is 0.333. The van der Waals surface area contributed by atoms with E-state index < -0.39 is 0 Å². The lowest BCUT2D eigenvalue weighted by molar-refractivity contribution is 1.08. The van der Waals surface area contributed by atoms with E-state index in [9.17, 15) is 0 Å². The van der Waals surface area contributed by atoms with Crippen molar-refractivity contribution >= 4 is 0 Å². The number of rotatable bonds is 3. The highest BCUT2D eigenvalue weighted by atomic mass is 14.3. The monoisotopic (exact) mass is 234 g/mol. The lowest BCUT2D eigenvalue weighted by Gasteiger charge is -2.11. The molecule has 0 unspecified atom stereocenters. The first-order valence-electron chi connectivity index (χ1n) is 7.11. The Hall–Kier alpha value is -1.56. The van der Waals surface area contributed by atoms with Crippen LogP contribution in [0.4, 0.5) is 0 Å². The van der Waals surface area contributed by atoms with Crippen LogP contribution in [0.1, 0.15) is 48.6 Å². The van der Waals surface area contributed by atoms with Crippen molar-refractivity contribution in [2.24, 2.45) is 0 Å². The minimum Gasteiger partial charge on any atom is -0.0622 e. The van der Waals surface area contributed by atoms with Crippen LogP contribution in [0.15, 0.2) is 48.5 Å². The maximum Gasteiger partial charge on any atom is -0.0149 e. The van der Waals surface area contributed by atoms with Crippen molar-refractivity contribution in [3.05, 3.63) is 59.7 Å². The molecule has 0 spiro atoms. The third-order valence-corrected chi connectivity index (χ3v) is 4.23. The molecule has 2 aromatic carbocycles. The summed E-state index contributed by atoms with van der Waals surface area (Å²) < 4.78 is 0. The van der Waals surface area contributed by atoms with E-state index in [0.717, 1.165) is 11.8 Å². The van der Waals surface area contributed by atoms with Crippen molar-refractivity contribution in [2.45, 2.75) is 37.5 Å². The van der Waals surface area contributed by atoms with E-state index >= 15 is 0 Å². The molecule has 0 nitrogen and oxygen atoms in total. The van der Waals surface area contributed by atoms with Gasteiger partial charge in [0.05, 0.1) is 0 Å². The van der Waals surface area contributed by atoms with Crippen LogP contribution in [-0.4, -0.2) is 0 Å². The first-order valence-corrected chi connectivity index (χ1v) is 7.11. The third kappa shape index (κ3) is 1.86.